The molecule has 2 N–H and O–H groups in total. The van der Waals surface area contributed by atoms with Crippen LogP contribution in [0.5, 0.6) is 0 Å². The molecule has 2 aliphatic rings. The van der Waals surface area contributed by atoms with Crippen LogP contribution in [0.3, 0.4) is 0 Å². The predicted octanol–water partition coefficient (Wildman–Crippen LogP) is 2.73. The average molecular weight is 276 g/mol. The summed E-state index contributed by atoms with van der Waals surface area (Å²) in [5, 5.41) is 11.2. The molecule has 2 heterocycles. The van der Waals surface area contributed by atoms with Gasteiger partial charge in [0.15, 0.2) is 0 Å². The maximum absolute atomic E-state index is 11.2. The molecule has 2 fully saturated rings. The van der Waals surface area contributed by atoms with E-state index in [4.69, 9.17) is 5.73 Å². The summed E-state index contributed by atoms with van der Waals surface area (Å²) in [4.78, 5) is 17.3. The first-order valence-corrected chi connectivity index (χ1v) is 7.34. The first-order valence-electron chi connectivity index (χ1n) is 7.34. The van der Waals surface area contributed by atoms with Gasteiger partial charge in [-0.15, -0.1) is 0 Å². The molecular formula is C14H20N4O2. The van der Waals surface area contributed by atoms with Gasteiger partial charge in [-0.25, -0.2) is 4.98 Å². The van der Waals surface area contributed by atoms with Gasteiger partial charge in [-0.05, 0) is 37.7 Å². The molecular weight excluding hydrogens is 256 g/mol. The lowest BCUT2D eigenvalue weighted by molar-refractivity contribution is -0.384. The lowest BCUT2D eigenvalue weighted by atomic mass is 9.78. The van der Waals surface area contributed by atoms with E-state index in [-0.39, 0.29) is 10.6 Å². The Balaban J connectivity index is 1.98. The van der Waals surface area contributed by atoms with Gasteiger partial charge < -0.3 is 10.6 Å². The molecule has 0 radical (unpaired) electrons. The highest BCUT2D eigenvalue weighted by molar-refractivity contribution is 5.61. The summed E-state index contributed by atoms with van der Waals surface area (Å²) >= 11 is 0. The third-order valence-electron chi connectivity index (χ3n) is 4.59. The van der Waals surface area contributed by atoms with E-state index in [2.05, 4.69) is 9.88 Å². The van der Waals surface area contributed by atoms with Gasteiger partial charge in [0.2, 0.25) is 5.82 Å². The fraction of sp³-hybridized carbons (Fsp3) is 0.643. The van der Waals surface area contributed by atoms with E-state index in [0.29, 0.717) is 23.6 Å². The van der Waals surface area contributed by atoms with E-state index in [9.17, 15) is 10.1 Å². The number of nitrogens with zero attached hydrogens (tertiary/aromatic N) is 3. The molecule has 0 bridgehead atoms. The summed E-state index contributed by atoms with van der Waals surface area (Å²) in [6.07, 6.45) is 7.14. The highest BCUT2D eigenvalue weighted by atomic mass is 16.6. The molecule has 0 unspecified atom stereocenters. The molecule has 1 aromatic heterocycles. The molecule has 1 aliphatic heterocycles. The molecule has 1 saturated carbocycles. The normalized spacial score (nSPS) is 26.1. The van der Waals surface area contributed by atoms with Crippen molar-refractivity contribution in [3.8, 4) is 0 Å². The Bertz CT molecular complexity index is 518. The first-order chi connectivity index (χ1) is 9.66. The van der Waals surface area contributed by atoms with Crippen LogP contribution in [0.2, 0.25) is 0 Å². The number of rotatable bonds is 2. The van der Waals surface area contributed by atoms with Crippen LogP contribution in [-0.2, 0) is 0 Å². The number of hydrogen-bond acceptors (Lipinski definition) is 5. The van der Waals surface area contributed by atoms with Crippen molar-refractivity contribution in [2.45, 2.75) is 44.6 Å². The minimum atomic E-state index is -0.353. The molecule has 6 nitrogen and oxygen atoms in total. The molecule has 2 atom stereocenters. The first kappa shape index (κ1) is 13.1. The number of anilines is 2. The Morgan fingerprint density at radius 2 is 2.00 bits per heavy atom. The zero-order valence-corrected chi connectivity index (χ0v) is 11.5. The fourth-order valence-corrected chi connectivity index (χ4v) is 3.70. The standard InChI is InChI=1S/C14H20N4O2/c15-13-8-7-12(18(19)20)14(16-13)17-9-3-5-10-4-1-2-6-11(10)17/h7-8,10-11H,1-6,9H2,(H2,15,16)/t10-,11-/m1/s1. The molecule has 0 amide bonds. The monoisotopic (exact) mass is 276 g/mol. The maximum atomic E-state index is 11.2. The molecule has 1 aromatic rings. The largest absolute Gasteiger partial charge is 0.384 e. The average Bonchev–Trinajstić information content (AvgIpc) is 2.46. The van der Waals surface area contributed by atoms with E-state index < -0.39 is 0 Å². The number of piperidine rings is 1. The van der Waals surface area contributed by atoms with Crippen LogP contribution >= 0.6 is 0 Å². The van der Waals surface area contributed by atoms with Gasteiger partial charge in [0, 0.05) is 18.7 Å². The van der Waals surface area contributed by atoms with Crippen LogP contribution in [0, 0.1) is 16.0 Å². The SMILES string of the molecule is Nc1ccc([N+](=O)[O-])c(N2CCC[C@H]3CCCC[C@H]32)n1. The molecule has 3 rings (SSSR count). The van der Waals surface area contributed by atoms with Crippen molar-refractivity contribution in [2.24, 2.45) is 5.92 Å². The Kier molecular flexibility index (Phi) is 3.46. The number of hydrogen-bond donors (Lipinski definition) is 1. The molecule has 1 aliphatic carbocycles. The number of fused-ring (bicyclic) bond motifs is 1. The van der Waals surface area contributed by atoms with E-state index in [1.54, 1.807) is 0 Å². The Hall–Kier alpha value is -1.85. The van der Waals surface area contributed by atoms with Crippen molar-refractivity contribution < 1.29 is 4.92 Å². The third kappa shape index (κ3) is 2.30. The Morgan fingerprint density at radius 1 is 1.25 bits per heavy atom. The van der Waals surface area contributed by atoms with E-state index >= 15 is 0 Å². The van der Waals surface area contributed by atoms with Crippen LogP contribution < -0.4 is 10.6 Å². The van der Waals surface area contributed by atoms with Gasteiger partial charge in [0.25, 0.3) is 0 Å². The Morgan fingerprint density at radius 3 is 2.80 bits per heavy atom. The second kappa shape index (κ2) is 5.26. The summed E-state index contributed by atoms with van der Waals surface area (Å²) in [7, 11) is 0. The topological polar surface area (TPSA) is 85.3 Å². The highest BCUT2D eigenvalue weighted by Crippen LogP contribution is 2.39. The van der Waals surface area contributed by atoms with Crippen LogP contribution in [0.15, 0.2) is 12.1 Å². The van der Waals surface area contributed by atoms with E-state index in [1.807, 2.05) is 0 Å². The van der Waals surface area contributed by atoms with Gasteiger partial charge in [0.1, 0.15) is 5.82 Å². The van der Waals surface area contributed by atoms with Crippen molar-refractivity contribution in [3.05, 3.63) is 22.2 Å². The summed E-state index contributed by atoms with van der Waals surface area (Å²) in [6.45, 7) is 0.846. The number of aromatic nitrogens is 1. The fourth-order valence-electron chi connectivity index (χ4n) is 3.70. The molecule has 0 spiro atoms. The minimum Gasteiger partial charge on any atom is -0.384 e. The molecule has 20 heavy (non-hydrogen) atoms. The minimum absolute atomic E-state index is 0.0745. The van der Waals surface area contributed by atoms with Crippen molar-refractivity contribution in [3.63, 3.8) is 0 Å². The van der Waals surface area contributed by atoms with Crippen molar-refractivity contribution in [1.29, 1.82) is 0 Å². The van der Waals surface area contributed by atoms with Crippen molar-refractivity contribution >= 4 is 17.3 Å². The molecule has 108 valence electrons. The van der Waals surface area contributed by atoms with Crippen LogP contribution in [0.25, 0.3) is 0 Å². The number of nitrogen functional groups attached to an aromatic ring is 1. The summed E-state index contributed by atoms with van der Waals surface area (Å²) in [5.74, 6) is 1.47. The van der Waals surface area contributed by atoms with E-state index in [0.717, 1.165) is 19.4 Å². The molecule has 6 heteroatoms. The smallest absolute Gasteiger partial charge is 0.311 e. The molecule has 0 aromatic carbocycles. The second-order valence-corrected chi connectivity index (χ2v) is 5.78. The zero-order chi connectivity index (χ0) is 14.1. The second-order valence-electron chi connectivity index (χ2n) is 5.78. The van der Waals surface area contributed by atoms with Crippen LogP contribution in [0.1, 0.15) is 38.5 Å². The summed E-state index contributed by atoms with van der Waals surface area (Å²) < 4.78 is 0. The Labute approximate surface area is 118 Å². The summed E-state index contributed by atoms with van der Waals surface area (Å²) in [5.41, 5.74) is 5.82. The number of pyridine rings is 1. The van der Waals surface area contributed by atoms with Crippen LogP contribution in [-0.4, -0.2) is 22.5 Å². The van der Waals surface area contributed by atoms with E-state index in [1.165, 1.54) is 37.8 Å². The predicted molar refractivity (Wildman–Crippen MR) is 77.6 cm³/mol. The lowest BCUT2D eigenvalue weighted by Gasteiger charge is -2.44. The van der Waals surface area contributed by atoms with Gasteiger partial charge >= 0.3 is 5.69 Å². The van der Waals surface area contributed by atoms with Gasteiger partial charge in [0.05, 0.1) is 4.92 Å². The van der Waals surface area contributed by atoms with Gasteiger partial charge in [-0.2, -0.15) is 0 Å². The number of nitrogens with two attached hydrogens (primary N) is 1. The summed E-state index contributed by atoms with van der Waals surface area (Å²) in [6, 6.07) is 3.37. The highest BCUT2D eigenvalue weighted by Gasteiger charge is 2.36. The number of nitro groups is 1. The van der Waals surface area contributed by atoms with Crippen molar-refractivity contribution in [1.82, 2.24) is 4.98 Å². The van der Waals surface area contributed by atoms with Gasteiger partial charge in [-0.3, -0.25) is 10.1 Å². The third-order valence-corrected chi connectivity index (χ3v) is 4.59. The lowest BCUT2D eigenvalue weighted by Crippen LogP contribution is -2.47. The van der Waals surface area contributed by atoms with Crippen molar-refractivity contribution in [2.75, 3.05) is 17.2 Å². The van der Waals surface area contributed by atoms with Crippen LogP contribution in [0.4, 0.5) is 17.3 Å². The molecule has 1 saturated heterocycles. The zero-order valence-electron chi connectivity index (χ0n) is 11.5. The quantitative estimate of drug-likeness (QED) is 0.663. The maximum Gasteiger partial charge on any atom is 0.311 e. The van der Waals surface area contributed by atoms with Gasteiger partial charge in [-0.1, -0.05) is 12.8 Å².